The number of halogens is 1. The normalized spacial score (nSPS) is 29.2. The average Bonchev–Trinajstić information content (AvgIpc) is 2.42. The topological polar surface area (TPSA) is 58.4 Å². The zero-order valence-electron chi connectivity index (χ0n) is 10.5. The molecule has 1 unspecified atom stereocenters. The summed E-state index contributed by atoms with van der Waals surface area (Å²) in [4.78, 5) is 13.2. The smallest absolute Gasteiger partial charge is 0.293 e. The van der Waals surface area contributed by atoms with Gasteiger partial charge in [0.05, 0.1) is 4.92 Å². The molecule has 1 N–H and O–H groups in total. The highest BCUT2D eigenvalue weighted by molar-refractivity contribution is 9.10. The highest BCUT2D eigenvalue weighted by Gasteiger charge is 2.34. The molecule has 0 aromatic heterocycles. The molecular formula is C13H16BrN3O2. The lowest BCUT2D eigenvalue weighted by Crippen LogP contribution is -2.53. The van der Waals surface area contributed by atoms with Crippen LogP contribution in [-0.2, 0) is 0 Å². The van der Waals surface area contributed by atoms with Crippen molar-refractivity contribution in [3.8, 4) is 0 Å². The van der Waals surface area contributed by atoms with Crippen LogP contribution < -0.4 is 5.32 Å². The molecule has 1 aromatic rings. The number of hydrogen-bond donors (Lipinski definition) is 1. The van der Waals surface area contributed by atoms with Gasteiger partial charge in [0.2, 0.25) is 0 Å². The molecule has 6 heteroatoms. The second-order valence-corrected chi connectivity index (χ2v) is 6.22. The predicted octanol–water partition coefficient (Wildman–Crippen LogP) is 2.86. The van der Waals surface area contributed by atoms with E-state index in [1.165, 1.54) is 25.9 Å². The molecule has 0 aliphatic carbocycles. The number of nitrogens with one attached hydrogen (secondary N) is 1. The molecule has 1 aromatic carbocycles. The number of anilines is 1. The van der Waals surface area contributed by atoms with Crippen molar-refractivity contribution in [1.82, 2.24) is 4.90 Å². The van der Waals surface area contributed by atoms with E-state index in [-0.39, 0.29) is 10.6 Å². The molecule has 3 fully saturated rings. The lowest BCUT2D eigenvalue weighted by Gasteiger charge is -2.45. The third-order valence-corrected chi connectivity index (χ3v) is 4.65. The van der Waals surface area contributed by atoms with Crippen LogP contribution >= 0.6 is 15.9 Å². The van der Waals surface area contributed by atoms with Gasteiger partial charge in [-0.2, -0.15) is 0 Å². The van der Waals surface area contributed by atoms with Crippen molar-refractivity contribution >= 4 is 27.3 Å². The van der Waals surface area contributed by atoms with Gasteiger partial charge < -0.3 is 10.2 Å². The zero-order chi connectivity index (χ0) is 13.4. The predicted molar refractivity (Wildman–Crippen MR) is 77.4 cm³/mol. The SMILES string of the molecule is O=[N+]([O-])c1cc(Br)ccc1NC1CN2CCC1CC2. The summed E-state index contributed by atoms with van der Waals surface area (Å²) in [5.41, 5.74) is 0.776. The number of piperidine rings is 3. The quantitative estimate of drug-likeness (QED) is 0.685. The van der Waals surface area contributed by atoms with Crippen LogP contribution in [-0.4, -0.2) is 35.5 Å². The molecule has 3 heterocycles. The fraction of sp³-hybridized carbons (Fsp3) is 0.538. The van der Waals surface area contributed by atoms with Crippen molar-refractivity contribution in [3.05, 3.63) is 32.8 Å². The van der Waals surface area contributed by atoms with E-state index in [1.807, 2.05) is 6.07 Å². The minimum atomic E-state index is -0.325. The van der Waals surface area contributed by atoms with Gasteiger partial charge in [-0.25, -0.2) is 0 Å². The van der Waals surface area contributed by atoms with E-state index in [2.05, 4.69) is 26.1 Å². The summed E-state index contributed by atoms with van der Waals surface area (Å²) >= 11 is 3.28. The van der Waals surface area contributed by atoms with Crippen LogP contribution in [0.2, 0.25) is 0 Å². The third kappa shape index (κ3) is 2.60. The summed E-state index contributed by atoms with van der Waals surface area (Å²) in [6, 6.07) is 5.53. The minimum absolute atomic E-state index is 0.144. The number of rotatable bonds is 3. The molecule has 1 atom stereocenters. The Morgan fingerprint density at radius 3 is 2.68 bits per heavy atom. The second-order valence-electron chi connectivity index (χ2n) is 5.31. The average molecular weight is 326 g/mol. The van der Waals surface area contributed by atoms with Crippen molar-refractivity contribution in [2.45, 2.75) is 18.9 Å². The van der Waals surface area contributed by atoms with Gasteiger partial charge >= 0.3 is 0 Å². The second kappa shape index (κ2) is 5.09. The van der Waals surface area contributed by atoms with Crippen LogP contribution in [0.15, 0.2) is 22.7 Å². The highest BCUT2D eigenvalue weighted by Crippen LogP contribution is 2.33. The zero-order valence-corrected chi connectivity index (χ0v) is 12.1. The van der Waals surface area contributed by atoms with Gasteiger partial charge in [0.1, 0.15) is 5.69 Å². The van der Waals surface area contributed by atoms with Gasteiger partial charge in [-0.15, -0.1) is 0 Å². The number of hydrogen-bond acceptors (Lipinski definition) is 4. The molecule has 2 bridgehead atoms. The van der Waals surface area contributed by atoms with Crippen LogP contribution in [0.5, 0.6) is 0 Å². The van der Waals surface area contributed by atoms with Gasteiger partial charge in [-0.3, -0.25) is 10.1 Å². The molecule has 3 aliphatic heterocycles. The Labute approximate surface area is 120 Å². The van der Waals surface area contributed by atoms with Crippen LogP contribution in [0.1, 0.15) is 12.8 Å². The fourth-order valence-electron chi connectivity index (χ4n) is 3.11. The van der Waals surface area contributed by atoms with Crippen LogP contribution in [0, 0.1) is 16.0 Å². The first-order chi connectivity index (χ1) is 9.13. The molecular weight excluding hydrogens is 310 g/mol. The maximum absolute atomic E-state index is 11.1. The monoisotopic (exact) mass is 325 g/mol. The molecule has 0 amide bonds. The van der Waals surface area contributed by atoms with Gasteiger partial charge in [-0.05, 0) is 44.0 Å². The number of fused-ring (bicyclic) bond motifs is 3. The highest BCUT2D eigenvalue weighted by atomic mass is 79.9. The first kappa shape index (κ1) is 12.9. The molecule has 5 nitrogen and oxygen atoms in total. The fourth-order valence-corrected chi connectivity index (χ4v) is 3.46. The lowest BCUT2D eigenvalue weighted by atomic mass is 9.84. The van der Waals surface area contributed by atoms with Crippen LogP contribution in [0.3, 0.4) is 0 Å². The Kier molecular flexibility index (Phi) is 3.45. The molecule has 4 rings (SSSR count). The Balaban J connectivity index is 1.81. The van der Waals surface area contributed by atoms with E-state index >= 15 is 0 Å². The molecule has 0 radical (unpaired) electrons. The molecule has 3 saturated heterocycles. The van der Waals surface area contributed by atoms with Crippen molar-refractivity contribution in [2.24, 2.45) is 5.92 Å². The molecule has 19 heavy (non-hydrogen) atoms. The number of nitrogens with zero attached hydrogens (tertiary/aromatic N) is 2. The number of benzene rings is 1. The Bertz CT molecular complexity index is 501. The Morgan fingerprint density at radius 2 is 2.11 bits per heavy atom. The van der Waals surface area contributed by atoms with Gasteiger partial charge in [-0.1, -0.05) is 15.9 Å². The van der Waals surface area contributed by atoms with Crippen molar-refractivity contribution in [3.63, 3.8) is 0 Å². The number of nitro groups is 1. The van der Waals surface area contributed by atoms with Gasteiger partial charge in [0.25, 0.3) is 5.69 Å². The maximum Gasteiger partial charge on any atom is 0.293 e. The largest absolute Gasteiger partial charge is 0.375 e. The van der Waals surface area contributed by atoms with E-state index in [9.17, 15) is 10.1 Å². The van der Waals surface area contributed by atoms with Crippen LogP contribution in [0.4, 0.5) is 11.4 Å². The molecule has 3 aliphatic rings. The van der Waals surface area contributed by atoms with Gasteiger partial charge in [0, 0.05) is 23.1 Å². The number of nitro benzene ring substituents is 1. The summed E-state index contributed by atoms with van der Waals surface area (Å²) in [6.45, 7) is 3.34. The van der Waals surface area contributed by atoms with E-state index in [4.69, 9.17) is 0 Å². The minimum Gasteiger partial charge on any atom is -0.375 e. The molecule has 0 spiro atoms. The Hall–Kier alpha value is -1.14. The molecule has 102 valence electrons. The summed E-state index contributed by atoms with van der Waals surface area (Å²) in [5, 5.41) is 14.5. The third-order valence-electron chi connectivity index (χ3n) is 4.15. The maximum atomic E-state index is 11.1. The standard InChI is InChI=1S/C13H16BrN3O2/c14-10-1-2-11(13(7-10)17(18)19)15-12-8-16-5-3-9(12)4-6-16/h1-2,7,9,12,15H,3-6,8H2. The Morgan fingerprint density at radius 1 is 1.37 bits per heavy atom. The lowest BCUT2D eigenvalue weighted by molar-refractivity contribution is -0.384. The summed E-state index contributed by atoms with van der Waals surface area (Å²) < 4.78 is 0.735. The van der Waals surface area contributed by atoms with E-state index in [1.54, 1.807) is 12.1 Å². The van der Waals surface area contributed by atoms with Crippen LogP contribution in [0.25, 0.3) is 0 Å². The first-order valence-corrected chi connectivity index (χ1v) is 7.35. The first-order valence-electron chi connectivity index (χ1n) is 6.56. The summed E-state index contributed by atoms with van der Waals surface area (Å²) in [7, 11) is 0. The van der Waals surface area contributed by atoms with E-state index in [0.29, 0.717) is 17.6 Å². The summed E-state index contributed by atoms with van der Waals surface area (Å²) in [5.74, 6) is 0.647. The molecule has 0 saturated carbocycles. The van der Waals surface area contributed by atoms with Crippen molar-refractivity contribution in [2.75, 3.05) is 25.0 Å². The van der Waals surface area contributed by atoms with Gasteiger partial charge in [0.15, 0.2) is 0 Å². The van der Waals surface area contributed by atoms with E-state index in [0.717, 1.165) is 11.0 Å². The summed E-state index contributed by atoms with van der Waals surface area (Å²) in [6.07, 6.45) is 2.39. The van der Waals surface area contributed by atoms with Crippen molar-refractivity contribution < 1.29 is 4.92 Å². The van der Waals surface area contributed by atoms with Crippen molar-refractivity contribution in [1.29, 1.82) is 0 Å². The van der Waals surface area contributed by atoms with E-state index < -0.39 is 0 Å².